The van der Waals surface area contributed by atoms with Gasteiger partial charge in [0.1, 0.15) is 24.4 Å². The van der Waals surface area contributed by atoms with Gasteiger partial charge in [0.25, 0.3) is 0 Å². The predicted molar refractivity (Wildman–Crippen MR) is 127 cm³/mol. The van der Waals surface area contributed by atoms with E-state index in [0.29, 0.717) is 6.61 Å². The molecule has 0 aromatic carbocycles. The van der Waals surface area contributed by atoms with Crippen LogP contribution in [0.1, 0.15) is 110 Å². The van der Waals surface area contributed by atoms with Gasteiger partial charge in [-0.25, -0.2) is 0 Å². The fourth-order valence-corrected chi connectivity index (χ4v) is 4.14. The van der Waals surface area contributed by atoms with E-state index in [4.69, 9.17) is 9.47 Å². The molecule has 31 heavy (non-hydrogen) atoms. The molecule has 0 radical (unpaired) electrons. The van der Waals surface area contributed by atoms with E-state index in [1.165, 1.54) is 77.0 Å². The molecule has 0 aromatic heterocycles. The Labute approximate surface area is 191 Å². The maximum Gasteiger partial charge on any atom is 0.114 e. The number of hydrogen-bond donors (Lipinski definition) is 3. The maximum atomic E-state index is 9.84. The Morgan fingerprint density at radius 1 is 0.806 bits per heavy atom. The van der Waals surface area contributed by atoms with Crippen LogP contribution in [0.5, 0.6) is 0 Å². The van der Waals surface area contributed by atoms with Gasteiger partial charge in [-0.05, 0) is 32.1 Å². The Morgan fingerprint density at radius 2 is 1.32 bits per heavy atom. The van der Waals surface area contributed by atoms with Gasteiger partial charge in [0.05, 0.1) is 13.2 Å². The number of hydrogen-bond acceptors (Lipinski definition) is 5. The zero-order valence-corrected chi connectivity index (χ0v) is 20.1. The molecule has 0 amide bonds. The van der Waals surface area contributed by atoms with Crippen molar-refractivity contribution in [1.29, 1.82) is 0 Å². The second kappa shape index (κ2) is 20.2. The van der Waals surface area contributed by atoms with Crippen molar-refractivity contribution in [3.8, 4) is 0 Å². The molecule has 5 nitrogen and oxygen atoms in total. The van der Waals surface area contributed by atoms with Crippen LogP contribution in [0.3, 0.4) is 0 Å². The zero-order valence-electron chi connectivity index (χ0n) is 20.1. The van der Waals surface area contributed by atoms with Crippen molar-refractivity contribution >= 4 is 0 Å². The molecule has 0 aromatic rings. The molecule has 1 aliphatic rings. The Bertz CT molecular complexity index is 415. The third kappa shape index (κ3) is 14.3. The van der Waals surface area contributed by atoms with Crippen LogP contribution in [0.25, 0.3) is 0 Å². The summed E-state index contributed by atoms with van der Waals surface area (Å²) in [5, 5.41) is 28.8. The molecular formula is C26H50O5. The molecule has 1 heterocycles. The van der Waals surface area contributed by atoms with Crippen molar-refractivity contribution in [2.75, 3.05) is 19.8 Å². The molecule has 0 saturated carbocycles. The van der Waals surface area contributed by atoms with E-state index < -0.39 is 24.4 Å². The SMILES string of the molecule is CCCCCCCCCCCCC/C=C/CCCCCO[C@@H](CO)[C@@H]1OC[C@@H](O)[C@@H]1O. The number of aliphatic hydroxyl groups is 3. The number of unbranched alkanes of at least 4 members (excludes halogenated alkanes) is 14. The summed E-state index contributed by atoms with van der Waals surface area (Å²) in [6.07, 6.45) is 22.3. The second-order valence-electron chi connectivity index (χ2n) is 9.09. The first-order valence-electron chi connectivity index (χ1n) is 13.1. The summed E-state index contributed by atoms with van der Waals surface area (Å²) in [4.78, 5) is 0. The lowest BCUT2D eigenvalue weighted by Crippen LogP contribution is -2.42. The molecule has 5 heteroatoms. The van der Waals surface area contributed by atoms with E-state index in [1.807, 2.05) is 0 Å². The van der Waals surface area contributed by atoms with Crippen molar-refractivity contribution in [3.05, 3.63) is 12.2 Å². The van der Waals surface area contributed by atoms with Crippen LogP contribution < -0.4 is 0 Å². The molecule has 0 aliphatic carbocycles. The molecule has 1 saturated heterocycles. The van der Waals surface area contributed by atoms with Gasteiger partial charge in [0.2, 0.25) is 0 Å². The average Bonchev–Trinajstić information content (AvgIpc) is 3.11. The third-order valence-corrected chi connectivity index (χ3v) is 6.22. The topological polar surface area (TPSA) is 79.2 Å². The number of ether oxygens (including phenoxy) is 2. The lowest BCUT2D eigenvalue weighted by Gasteiger charge is -2.24. The average molecular weight is 443 g/mol. The summed E-state index contributed by atoms with van der Waals surface area (Å²) in [5.74, 6) is 0. The van der Waals surface area contributed by atoms with E-state index in [2.05, 4.69) is 19.1 Å². The van der Waals surface area contributed by atoms with Gasteiger partial charge in [0.15, 0.2) is 0 Å². The molecular weight excluding hydrogens is 392 g/mol. The second-order valence-corrected chi connectivity index (χ2v) is 9.09. The zero-order chi connectivity index (χ0) is 22.6. The minimum absolute atomic E-state index is 0.0945. The van der Waals surface area contributed by atoms with Gasteiger partial charge in [-0.3, -0.25) is 0 Å². The predicted octanol–water partition coefficient (Wildman–Crippen LogP) is 5.30. The van der Waals surface area contributed by atoms with Crippen LogP contribution in [-0.4, -0.2) is 59.6 Å². The standard InChI is InChI=1S/C26H50O5/c1-2-3-4-5-6-7-8-9-10-11-12-13-14-15-16-17-18-19-20-30-24(21-27)26-25(29)23(28)22-31-26/h14-15,23-29H,2-13,16-22H2,1H3/b15-14+/t23-,24+,25+,26+/m1/s1. The van der Waals surface area contributed by atoms with Crippen molar-refractivity contribution < 1.29 is 24.8 Å². The highest BCUT2D eigenvalue weighted by atomic mass is 16.6. The summed E-state index contributed by atoms with van der Waals surface area (Å²) in [5.41, 5.74) is 0. The van der Waals surface area contributed by atoms with E-state index in [1.54, 1.807) is 0 Å². The lowest BCUT2D eigenvalue weighted by molar-refractivity contribution is -0.101. The largest absolute Gasteiger partial charge is 0.394 e. The van der Waals surface area contributed by atoms with Gasteiger partial charge in [-0.2, -0.15) is 0 Å². The Morgan fingerprint density at radius 3 is 1.81 bits per heavy atom. The van der Waals surface area contributed by atoms with Crippen LogP contribution >= 0.6 is 0 Å². The number of aliphatic hydroxyl groups excluding tert-OH is 3. The Hall–Kier alpha value is -0.460. The van der Waals surface area contributed by atoms with Gasteiger partial charge >= 0.3 is 0 Å². The molecule has 3 N–H and O–H groups in total. The minimum atomic E-state index is -0.984. The highest BCUT2D eigenvalue weighted by Gasteiger charge is 2.40. The maximum absolute atomic E-state index is 9.84. The van der Waals surface area contributed by atoms with Crippen LogP contribution in [0.4, 0.5) is 0 Å². The van der Waals surface area contributed by atoms with Crippen molar-refractivity contribution in [1.82, 2.24) is 0 Å². The normalized spacial score (nSPS) is 22.5. The molecule has 0 bridgehead atoms. The molecule has 1 fully saturated rings. The van der Waals surface area contributed by atoms with Crippen molar-refractivity contribution in [2.24, 2.45) is 0 Å². The monoisotopic (exact) mass is 442 g/mol. The van der Waals surface area contributed by atoms with Gasteiger partial charge in [0, 0.05) is 6.61 Å². The molecule has 184 valence electrons. The third-order valence-electron chi connectivity index (χ3n) is 6.22. The fraction of sp³-hybridized carbons (Fsp3) is 0.923. The van der Waals surface area contributed by atoms with E-state index in [0.717, 1.165) is 25.7 Å². The number of rotatable bonds is 21. The van der Waals surface area contributed by atoms with E-state index in [-0.39, 0.29) is 13.2 Å². The summed E-state index contributed by atoms with van der Waals surface area (Å²) in [6.45, 7) is 2.70. The van der Waals surface area contributed by atoms with E-state index >= 15 is 0 Å². The Kier molecular flexibility index (Phi) is 18.6. The van der Waals surface area contributed by atoms with Crippen LogP contribution in [0, 0.1) is 0 Å². The summed E-state index contributed by atoms with van der Waals surface area (Å²) in [7, 11) is 0. The van der Waals surface area contributed by atoms with Gasteiger partial charge < -0.3 is 24.8 Å². The fourth-order valence-electron chi connectivity index (χ4n) is 4.14. The molecule has 0 spiro atoms. The smallest absolute Gasteiger partial charge is 0.114 e. The first-order valence-corrected chi connectivity index (χ1v) is 13.1. The van der Waals surface area contributed by atoms with Crippen molar-refractivity contribution in [3.63, 3.8) is 0 Å². The summed E-state index contributed by atoms with van der Waals surface area (Å²) < 4.78 is 11.0. The number of allylic oxidation sites excluding steroid dienone is 2. The molecule has 4 atom stereocenters. The Balaban J connectivity index is 1.83. The lowest BCUT2D eigenvalue weighted by atomic mass is 10.1. The molecule has 1 aliphatic heterocycles. The first-order chi connectivity index (χ1) is 15.2. The van der Waals surface area contributed by atoms with Crippen LogP contribution in [-0.2, 0) is 9.47 Å². The van der Waals surface area contributed by atoms with Crippen molar-refractivity contribution in [2.45, 2.75) is 134 Å². The highest BCUT2D eigenvalue weighted by Crippen LogP contribution is 2.20. The van der Waals surface area contributed by atoms with Gasteiger partial charge in [-0.15, -0.1) is 0 Å². The molecule has 1 rings (SSSR count). The first kappa shape index (κ1) is 28.6. The molecule has 0 unspecified atom stereocenters. The minimum Gasteiger partial charge on any atom is -0.394 e. The van der Waals surface area contributed by atoms with Gasteiger partial charge in [-0.1, -0.05) is 89.7 Å². The van der Waals surface area contributed by atoms with Crippen LogP contribution in [0.2, 0.25) is 0 Å². The highest BCUT2D eigenvalue weighted by molar-refractivity contribution is 4.88. The summed E-state index contributed by atoms with van der Waals surface area (Å²) >= 11 is 0. The van der Waals surface area contributed by atoms with E-state index in [9.17, 15) is 15.3 Å². The van der Waals surface area contributed by atoms with Crippen LogP contribution in [0.15, 0.2) is 12.2 Å². The quantitative estimate of drug-likeness (QED) is 0.166. The summed E-state index contributed by atoms with van der Waals surface area (Å²) in [6, 6.07) is 0.